The fraction of sp³-hybridized carbons (Fsp3) is 0.500. The van der Waals surface area contributed by atoms with Gasteiger partial charge in [0.15, 0.2) is 0 Å². The van der Waals surface area contributed by atoms with Gasteiger partial charge in [0.25, 0.3) is 0 Å². The van der Waals surface area contributed by atoms with Gasteiger partial charge >= 0.3 is 0 Å². The predicted octanol–water partition coefficient (Wildman–Crippen LogP) is 2.37. The molecule has 0 aliphatic carbocycles. The minimum atomic E-state index is -2.17. The third-order valence-corrected chi connectivity index (χ3v) is 0. The Kier molecular flexibility index (Phi) is 12.7. The van der Waals surface area contributed by atoms with Crippen LogP contribution >= 0.6 is 0 Å². The first kappa shape index (κ1) is 9.73. The molecule has 0 atom stereocenters. The zero-order chi connectivity index (χ0) is 6.28. The summed E-state index contributed by atoms with van der Waals surface area (Å²) in [6.07, 6.45) is -1.92. The molecule has 0 aliphatic heterocycles. The molecular weight excluding hydrogens is 105 g/mol. The summed E-state index contributed by atoms with van der Waals surface area (Å²) in [6.45, 7) is 3.53. The average Bonchev–Trinajstić information content (AvgIpc) is 1.33. The molecule has 0 aromatic carbocycles. The molecule has 7 heavy (non-hydrogen) atoms. The minimum absolute atomic E-state index is 0.250. The van der Waals surface area contributed by atoms with E-state index in [9.17, 15) is 13.2 Å². The zero-order valence-corrected chi connectivity index (χ0v) is 4.00. The molecule has 3 heteroatoms. The number of alkyl halides is 2. The van der Waals surface area contributed by atoms with Crippen molar-refractivity contribution in [1.82, 2.24) is 0 Å². The smallest absolute Gasteiger partial charge is 0.216 e. The van der Waals surface area contributed by atoms with E-state index >= 15 is 0 Å². The van der Waals surface area contributed by atoms with Gasteiger partial charge in [-0.3, -0.25) is 0 Å². The Hall–Kier alpha value is -0.470. The lowest BCUT2D eigenvalue weighted by Gasteiger charge is -1.70. The van der Waals surface area contributed by atoms with Crippen molar-refractivity contribution in [1.29, 1.82) is 0 Å². The lowest BCUT2D eigenvalue weighted by atomic mass is 10.9. The summed E-state index contributed by atoms with van der Waals surface area (Å²) in [4.78, 5) is 0. The summed E-state index contributed by atoms with van der Waals surface area (Å²) in [5.41, 5.74) is 0. The van der Waals surface area contributed by atoms with E-state index in [1.807, 2.05) is 0 Å². The van der Waals surface area contributed by atoms with E-state index in [0.717, 1.165) is 6.92 Å². The van der Waals surface area contributed by atoms with Crippen LogP contribution in [-0.2, 0) is 0 Å². The van der Waals surface area contributed by atoms with Gasteiger partial charge in [-0.25, -0.2) is 13.2 Å². The third-order valence-electron chi connectivity index (χ3n) is 0. The molecule has 0 nitrogen and oxygen atoms in total. The maximum absolute atomic E-state index is 10.3. The molecule has 0 unspecified atom stereocenters. The Labute approximate surface area is 40.6 Å². The van der Waals surface area contributed by atoms with Gasteiger partial charge in [-0.2, -0.15) is 0 Å². The number of rotatable bonds is 0. The van der Waals surface area contributed by atoms with Crippen molar-refractivity contribution in [2.24, 2.45) is 0 Å². The van der Waals surface area contributed by atoms with Crippen LogP contribution < -0.4 is 0 Å². The molecule has 0 radical (unpaired) electrons. The molecule has 0 aromatic heterocycles. The molecule has 0 aliphatic rings. The second kappa shape index (κ2) is 9.11. The zero-order valence-electron chi connectivity index (χ0n) is 4.00. The van der Waals surface area contributed by atoms with Crippen LogP contribution in [-0.4, -0.2) is 6.43 Å². The summed E-state index contributed by atoms with van der Waals surface area (Å²) in [7, 11) is 0. The maximum Gasteiger partial charge on any atom is 0.235 e. The standard InChI is InChI=1S/C2H4F2.C2H3F/c1-2(3)4;1-2-3/h2H,1H3;2H,1H2. The van der Waals surface area contributed by atoms with Crippen LogP contribution in [0.2, 0.25) is 0 Å². The molecule has 0 saturated carbocycles. The monoisotopic (exact) mass is 112 g/mol. The molecule has 0 spiro atoms. The number of halogens is 3. The summed E-state index contributed by atoms with van der Waals surface area (Å²) in [5.74, 6) is 0. The lowest BCUT2D eigenvalue weighted by molar-refractivity contribution is 0.171. The van der Waals surface area contributed by atoms with Gasteiger partial charge in [0.2, 0.25) is 6.43 Å². The quantitative estimate of drug-likeness (QED) is 0.451. The lowest BCUT2D eigenvalue weighted by Crippen LogP contribution is -1.69. The highest BCUT2D eigenvalue weighted by Crippen LogP contribution is 1.82. The summed E-state index contributed by atoms with van der Waals surface area (Å²) >= 11 is 0. The van der Waals surface area contributed by atoms with Crippen LogP contribution in [0.4, 0.5) is 13.2 Å². The van der Waals surface area contributed by atoms with Gasteiger partial charge in [-0.05, 0) is 6.92 Å². The topological polar surface area (TPSA) is 0 Å². The molecule has 0 rings (SSSR count). The van der Waals surface area contributed by atoms with Crippen molar-refractivity contribution in [2.45, 2.75) is 13.3 Å². The first-order valence-corrected chi connectivity index (χ1v) is 1.64. The van der Waals surface area contributed by atoms with E-state index in [0.29, 0.717) is 0 Å². The maximum atomic E-state index is 10.3. The molecule has 44 valence electrons. The van der Waals surface area contributed by atoms with Gasteiger partial charge in [0.05, 0.1) is 6.33 Å². The van der Waals surface area contributed by atoms with Crippen LogP contribution in [0.25, 0.3) is 0 Å². The summed E-state index contributed by atoms with van der Waals surface area (Å²) in [6, 6.07) is 0. The van der Waals surface area contributed by atoms with Gasteiger partial charge in [-0.15, -0.1) is 0 Å². The van der Waals surface area contributed by atoms with Crippen molar-refractivity contribution in [3.05, 3.63) is 12.9 Å². The highest BCUT2D eigenvalue weighted by atomic mass is 19.3. The Morgan fingerprint density at radius 3 is 1.57 bits per heavy atom. The van der Waals surface area contributed by atoms with Gasteiger partial charge in [-0.1, -0.05) is 6.58 Å². The second-order valence-corrected chi connectivity index (χ2v) is 0.673. The molecule has 0 fully saturated rings. The third kappa shape index (κ3) is 312. The van der Waals surface area contributed by atoms with Gasteiger partial charge in [0.1, 0.15) is 0 Å². The van der Waals surface area contributed by atoms with E-state index in [1.54, 1.807) is 0 Å². The van der Waals surface area contributed by atoms with Crippen molar-refractivity contribution >= 4 is 0 Å². The highest BCUT2D eigenvalue weighted by Gasteiger charge is 1.79. The van der Waals surface area contributed by atoms with Crippen LogP contribution in [0.1, 0.15) is 6.92 Å². The number of hydrogen-bond donors (Lipinski definition) is 0. The van der Waals surface area contributed by atoms with Crippen LogP contribution in [0, 0.1) is 0 Å². The van der Waals surface area contributed by atoms with Gasteiger partial charge in [0, 0.05) is 0 Å². The molecular formula is C4H7F3. The first-order chi connectivity index (χ1) is 3.15. The Balaban J connectivity index is 0. The van der Waals surface area contributed by atoms with E-state index in [2.05, 4.69) is 6.58 Å². The predicted molar refractivity (Wildman–Crippen MR) is 23.0 cm³/mol. The number of hydrogen-bond acceptors (Lipinski definition) is 0. The fourth-order valence-electron chi connectivity index (χ4n) is 0. The highest BCUT2D eigenvalue weighted by molar-refractivity contribution is 4.39. The van der Waals surface area contributed by atoms with Crippen molar-refractivity contribution in [3.8, 4) is 0 Å². The molecule has 0 N–H and O–H groups in total. The largest absolute Gasteiger partial charge is 0.235 e. The first-order valence-electron chi connectivity index (χ1n) is 1.64. The van der Waals surface area contributed by atoms with E-state index in [-0.39, 0.29) is 6.33 Å². The van der Waals surface area contributed by atoms with Crippen LogP contribution in [0.5, 0.6) is 0 Å². The molecule has 0 saturated heterocycles. The second-order valence-electron chi connectivity index (χ2n) is 0.673. The molecule has 0 bridgehead atoms. The van der Waals surface area contributed by atoms with E-state index in [1.165, 1.54) is 0 Å². The summed E-state index contributed by atoms with van der Waals surface area (Å²) in [5, 5.41) is 0. The normalized spacial score (nSPS) is 7.00. The molecule has 0 heterocycles. The molecule has 0 amide bonds. The Morgan fingerprint density at radius 2 is 1.57 bits per heavy atom. The fourth-order valence-corrected chi connectivity index (χ4v) is 0. The SMILES string of the molecule is C=CF.CC(F)F. The van der Waals surface area contributed by atoms with E-state index in [4.69, 9.17) is 0 Å². The average molecular weight is 112 g/mol. The van der Waals surface area contributed by atoms with Gasteiger partial charge < -0.3 is 0 Å². The van der Waals surface area contributed by atoms with E-state index < -0.39 is 6.43 Å². The van der Waals surface area contributed by atoms with Crippen LogP contribution in [0.3, 0.4) is 0 Å². The van der Waals surface area contributed by atoms with Crippen molar-refractivity contribution in [3.63, 3.8) is 0 Å². The van der Waals surface area contributed by atoms with Crippen LogP contribution in [0.15, 0.2) is 12.9 Å². The summed E-state index contributed by atoms with van der Waals surface area (Å²) < 4.78 is 30.7. The molecule has 0 aromatic rings. The Bertz CT molecular complexity index is 31.2. The van der Waals surface area contributed by atoms with Crippen molar-refractivity contribution in [2.75, 3.05) is 0 Å². The Morgan fingerprint density at radius 1 is 1.57 bits per heavy atom. The van der Waals surface area contributed by atoms with Crippen molar-refractivity contribution < 1.29 is 13.2 Å². The minimum Gasteiger partial charge on any atom is -0.216 e.